The molecule has 7 heteroatoms. The molecule has 0 radical (unpaired) electrons. The molecule has 1 saturated carbocycles. The Hall–Kier alpha value is -1.89. The lowest BCUT2D eigenvalue weighted by molar-refractivity contribution is -0.161. The first-order chi connectivity index (χ1) is 11.4. The second-order valence-corrected chi connectivity index (χ2v) is 5.71. The van der Waals surface area contributed by atoms with E-state index in [2.05, 4.69) is 18.5 Å². The number of nitrogens with one attached hydrogen (secondary N) is 1. The SMILES string of the molecule is C=CCOC(=O)N[C@H]1[C@H](OCCC)C[C@H](C)[C@]1(F)C(=O)OCC=C. The Morgan fingerprint density at radius 2 is 1.92 bits per heavy atom. The predicted molar refractivity (Wildman–Crippen MR) is 87.3 cm³/mol. The van der Waals surface area contributed by atoms with Crippen LogP contribution in [0.2, 0.25) is 0 Å². The lowest BCUT2D eigenvalue weighted by Crippen LogP contribution is -2.58. The third kappa shape index (κ3) is 4.56. The van der Waals surface area contributed by atoms with Crippen LogP contribution >= 0.6 is 0 Å². The van der Waals surface area contributed by atoms with Gasteiger partial charge in [-0.25, -0.2) is 14.0 Å². The summed E-state index contributed by atoms with van der Waals surface area (Å²) in [5.74, 6) is -1.71. The summed E-state index contributed by atoms with van der Waals surface area (Å²) < 4.78 is 30.9. The summed E-state index contributed by atoms with van der Waals surface area (Å²) in [4.78, 5) is 24.1. The Morgan fingerprint density at radius 1 is 1.29 bits per heavy atom. The maximum absolute atomic E-state index is 15.6. The molecular formula is C17H26FNO5. The summed E-state index contributed by atoms with van der Waals surface area (Å²) in [5.41, 5.74) is -2.39. The van der Waals surface area contributed by atoms with Crippen LogP contribution in [-0.4, -0.2) is 49.7 Å². The van der Waals surface area contributed by atoms with E-state index in [4.69, 9.17) is 14.2 Å². The summed E-state index contributed by atoms with van der Waals surface area (Å²) in [6.45, 7) is 10.7. The van der Waals surface area contributed by atoms with E-state index in [1.54, 1.807) is 6.92 Å². The third-order valence-corrected chi connectivity index (χ3v) is 3.91. The Kier molecular flexibility index (Phi) is 7.91. The number of alkyl halides is 1. The molecule has 136 valence electrons. The Labute approximate surface area is 142 Å². The molecule has 1 rings (SSSR count). The zero-order chi connectivity index (χ0) is 18.2. The molecule has 6 nitrogen and oxygen atoms in total. The van der Waals surface area contributed by atoms with E-state index in [1.807, 2.05) is 6.92 Å². The van der Waals surface area contributed by atoms with Crippen molar-refractivity contribution in [2.24, 2.45) is 5.92 Å². The second-order valence-electron chi connectivity index (χ2n) is 5.71. The number of amides is 1. The average Bonchev–Trinajstić information content (AvgIpc) is 2.81. The van der Waals surface area contributed by atoms with E-state index in [-0.39, 0.29) is 19.6 Å². The molecule has 1 fully saturated rings. The quantitative estimate of drug-likeness (QED) is 0.514. The Morgan fingerprint density at radius 3 is 2.50 bits per heavy atom. The molecule has 1 N–H and O–H groups in total. The van der Waals surface area contributed by atoms with Gasteiger partial charge in [0.15, 0.2) is 0 Å². The second kappa shape index (κ2) is 9.42. The number of carbonyl (C=O) groups excluding carboxylic acids is 2. The van der Waals surface area contributed by atoms with Crippen LogP contribution in [0, 0.1) is 5.92 Å². The van der Waals surface area contributed by atoms with Crippen molar-refractivity contribution in [1.29, 1.82) is 0 Å². The highest BCUT2D eigenvalue weighted by Gasteiger charge is 2.61. The first-order valence-corrected chi connectivity index (χ1v) is 8.04. The van der Waals surface area contributed by atoms with E-state index in [0.29, 0.717) is 6.61 Å². The monoisotopic (exact) mass is 343 g/mol. The zero-order valence-electron chi connectivity index (χ0n) is 14.3. The molecule has 24 heavy (non-hydrogen) atoms. The van der Waals surface area contributed by atoms with Gasteiger partial charge in [-0.05, 0) is 12.8 Å². The highest BCUT2D eigenvalue weighted by atomic mass is 19.1. The molecule has 0 bridgehead atoms. The minimum absolute atomic E-state index is 0.0191. The zero-order valence-corrected chi connectivity index (χ0v) is 14.3. The van der Waals surface area contributed by atoms with E-state index in [1.165, 1.54) is 12.2 Å². The summed E-state index contributed by atoms with van der Waals surface area (Å²) in [5, 5.41) is 2.42. The van der Waals surface area contributed by atoms with Crippen LogP contribution in [0.25, 0.3) is 0 Å². The first kappa shape index (κ1) is 20.2. The van der Waals surface area contributed by atoms with Crippen molar-refractivity contribution in [3.05, 3.63) is 25.3 Å². The fourth-order valence-corrected chi connectivity index (χ4v) is 2.74. The van der Waals surface area contributed by atoms with Crippen LogP contribution in [0.3, 0.4) is 0 Å². The topological polar surface area (TPSA) is 73.9 Å². The van der Waals surface area contributed by atoms with Crippen LogP contribution in [0.15, 0.2) is 25.3 Å². The minimum atomic E-state index is -2.39. The number of carbonyl (C=O) groups is 2. The maximum Gasteiger partial charge on any atom is 0.407 e. The summed E-state index contributed by atoms with van der Waals surface area (Å²) in [6.07, 6.45) is 2.29. The maximum atomic E-state index is 15.6. The third-order valence-electron chi connectivity index (χ3n) is 3.91. The van der Waals surface area contributed by atoms with E-state index in [9.17, 15) is 9.59 Å². The van der Waals surface area contributed by atoms with Gasteiger partial charge in [0.25, 0.3) is 0 Å². The van der Waals surface area contributed by atoms with Gasteiger partial charge in [-0.15, -0.1) is 0 Å². The van der Waals surface area contributed by atoms with Crippen molar-refractivity contribution in [1.82, 2.24) is 5.32 Å². The lowest BCUT2D eigenvalue weighted by Gasteiger charge is -2.30. The summed E-state index contributed by atoms with van der Waals surface area (Å²) in [7, 11) is 0. The molecule has 1 aliphatic carbocycles. The van der Waals surface area contributed by atoms with Crippen LogP contribution in [0.1, 0.15) is 26.7 Å². The van der Waals surface area contributed by atoms with Crippen LogP contribution in [-0.2, 0) is 19.0 Å². The molecule has 1 aliphatic rings. The lowest BCUT2D eigenvalue weighted by atomic mass is 9.91. The van der Waals surface area contributed by atoms with Gasteiger partial charge in [0.05, 0.1) is 6.10 Å². The predicted octanol–water partition coefficient (Wildman–Crippen LogP) is 2.54. The van der Waals surface area contributed by atoms with Gasteiger partial charge >= 0.3 is 12.1 Å². The smallest absolute Gasteiger partial charge is 0.407 e. The fraction of sp³-hybridized carbons (Fsp3) is 0.647. The van der Waals surface area contributed by atoms with Crippen LogP contribution in [0.4, 0.5) is 9.18 Å². The molecule has 0 aromatic rings. The van der Waals surface area contributed by atoms with Crippen molar-refractivity contribution in [2.45, 2.75) is 44.5 Å². The Bertz CT molecular complexity index is 470. The molecule has 4 atom stereocenters. The van der Waals surface area contributed by atoms with Crippen molar-refractivity contribution >= 4 is 12.1 Å². The van der Waals surface area contributed by atoms with E-state index >= 15 is 4.39 Å². The van der Waals surface area contributed by atoms with Crippen molar-refractivity contribution < 1.29 is 28.2 Å². The van der Waals surface area contributed by atoms with Crippen LogP contribution < -0.4 is 5.32 Å². The molecule has 0 aromatic carbocycles. The Balaban J connectivity index is 2.97. The van der Waals surface area contributed by atoms with E-state index < -0.39 is 35.8 Å². The van der Waals surface area contributed by atoms with Gasteiger partial charge in [0.1, 0.15) is 19.3 Å². The average molecular weight is 343 g/mol. The van der Waals surface area contributed by atoms with Crippen molar-refractivity contribution in [3.8, 4) is 0 Å². The van der Waals surface area contributed by atoms with Crippen molar-refractivity contribution in [2.75, 3.05) is 19.8 Å². The molecule has 0 aliphatic heterocycles. The van der Waals surface area contributed by atoms with E-state index in [0.717, 1.165) is 6.42 Å². The number of rotatable bonds is 9. The normalized spacial score (nSPS) is 28.9. The van der Waals surface area contributed by atoms with Gasteiger partial charge in [0, 0.05) is 12.5 Å². The minimum Gasteiger partial charge on any atom is -0.459 e. The number of esters is 1. The number of ether oxygens (including phenoxy) is 3. The molecule has 0 aromatic heterocycles. The fourth-order valence-electron chi connectivity index (χ4n) is 2.74. The molecule has 1 amide bonds. The number of hydrogen-bond donors (Lipinski definition) is 1. The van der Waals surface area contributed by atoms with Gasteiger partial charge in [-0.1, -0.05) is 39.2 Å². The highest BCUT2D eigenvalue weighted by molar-refractivity contribution is 5.83. The molecule has 0 heterocycles. The molecule has 0 unspecified atom stereocenters. The number of hydrogen-bond acceptors (Lipinski definition) is 5. The number of alkyl carbamates (subject to hydrolysis) is 1. The van der Waals surface area contributed by atoms with Gasteiger partial charge in [-0.2, -0.15) is 0 Å². The standard InChI is InChI=1S/C17H26FNO5/c1-5-8-22-13-11-12(4)17(18,15(20)23-9-6-2)14(13)19-16(21)24-10-7-3/h6-7,12-14H,2-3,5,8-11H2,1,4H3,(H,19,21)/t12-,13+,14-,17+/m0/s1. The van der Waals surface area contributed by atoms with Crippen LogP contribution in [0.5, 0.6) is 0 Å². The first-order valence-electron chi connectivity index (χ1n) is 8.04. The highest BCUT2D eigenvalue weighted by Crippen LogP contribution is 2.42. The summed E-state index contributed by atoms with van der Waals surface area (Å²) in [6, 6.07) is -1.19. The van der Waals surface area contributed by atoms with Gasteiger partial charge < -0.3 is 19.5 Å². The van der Waals surface area contributed by atoms with Gasteiger partial charge in [0.2, 0.25) is 5.67 Å². The largest absolute Gasteiger partial charge is 0.459 e. The molecule has 0 saturated heterocycles. The molecular weight excluding hydrogens is 317 g/mol. The number of halogens is 1. The van der Waals surface area contributed by atoms with Crippen molar-refractivity contribution in [3.63, 3.8) is 0 Å². The summed E-state index contributed by atoms with van der Waals surface area (Å²) >= 11 is 0. The van der Waals surface area contributed by atoms with Gasteiger partial charge in [-0.3, -0.25) is 0 Å². The molecule has 0 spiro atoms.